The maximum absolute atomic E-state index is 12.0. The first-order chi connectivity index (χ1) is 9.30. The zero-order chi connectivity index (χ0) is 15.3. The Hall–Kier alpha value is -1.56. The topological polar surface area (TPSA) is 75.6 Å². The van der Waals surface area contributed by atoms with Crippen molar-refractivity contribution in [1.29, 1.82) is 0 Å². The lowest BCUT2D eigenvalue weighted by Crippen LogP contribution is -2.54. The van der Waals surface area contributed by atoms with Gasteiger partial charge in [0.2, 0.25) is 0 Å². The summed E-state index contributed by atoms with van der Waals surface area (Å²) in [7, 11) is 0. The molecule has 0 radical (unpaired) electrons. The van der Waals surface area contributed by atoms with E-state index in [1.165, 1.54) is 6.92 Å². The summed E-state index contributed by atoms with van der Waals surface area (Å²) in [5.74, 6) is -1.00. The maximum Gasteiger partial charge on any atom is 0.329 e. The number of halogens is 1. The molecule has 1 rings (SSSR count). The van der Waals surface area contributed by atoms with Crippen LogP contribution in [0.1, 0.15) is 27.2 Å². The molecule has 1 amide bonds. The smallest absolute Gasteiger partial charge is 0.329 e. The third-order valence-electron chi connectivity index (χ3n) is 3.09. The van der Waals surface area contributed by atoms with Gasteiger partial charge in [0, 0.05) is 0 Å². The Kier molecular flexibility index (Phi) is 5.56. The van der Waals surface area contributed by atoms with Crippen LogP contribution in [0.4, 0.5) is 0 Å². The third kappa shape index (κ3) is 3.96. The van der Waals surface area contributed by atoms with Gasteiger partial charge in [-0.25, -0.2) is 4.79 Å². The van der Waals surface area contributed by atoms with Gasteiger partial charge in [-0.2, -0.15) is 0 Å². The largest absolute Gasteiger partial charge is 0.480 e. The lowest BCUT2D eigenvalue weighted by atomic mass is 9.99. The van der Waals surface area contributed by atoms with Crippen molar-refractivity contribution >= 4 is 27.8 Å². The first-order valence-corrected chi connectivity index (χ1v) is 7.06. The predicted octanol–water partition coefficient (Wildman–Crippen LogP) is 2.59. The van der Waals surface area contributed by atoms with Crippen LogP contribution < -0.4 is 10.1 Å². The highest BCUT2D eigenvalue weighted by Crippen LogP contribution is 2.25. The summed E-state index contributed by atoms with van der Waals surface area (Å²) in [6, 6.07) is 7.15. The first kappa shape index (κ1) is 16.5. The van der Waals surface area contributed by atoms with E-state index in [0.717, 1.165) is 4.47 Å². The molecule has 0 bridgehead atoms. The highest BCUT2D eigenvalue weighted by Gasteiger charge is 2.34. The zero-order valence-electron chi connectivity index (χ0n) is 11.6. The summed E-state index contributed by atoms with van der Waals surface area (Å²) < 4.78 is 6.26. The Labute approximate surface area is 126 Å². The minimum absolute atomic E-state index is 0.288. The van der Waals surface area contributed by atoms with E-state index in [1.807, 2.05) is 6.07 Å². The van der Waals surface area contributed by atoms with Crippen LogP contribution in [0.15, 0.2) is 28.7 Å². The quantitative estimate of drug-likeness (QED) is 0.832. The van der Waals surface area contributed by atoms with Crippen LogP contribution in [0, 0.1) is 0 Å². The van der Waals surface area contributed by atoms with E-state index in [-0.39, 0.29) is 6.42 Å². The van der Waals surface area contributed by atoms with Gasteiger partial charge in [-0.15, -0.1) is 0 Å². The number of carboxylic acids is 1. The minimum atomic E-state index is -1.29. The number of hydrogen-bond acceptors (Lipinski definition) is 3. The Morgan fingerprint density at radius 1 is 1.45 bits per heavy atom. The van der Waals surface area contributed by atoms with Gasteiger partial charge in [-0.3, -0.25) is 4.79 Å². The van der Waals surface area contributed by atoms with Crippen molar-refractivity contribution in [3.8, 4) is 5.75 Å². The molecule has 0 fully saturated rings. The number of carbonyl (C=O) groups is 2. The van der Waals surface area contributed by atoms with E-state index in [9.17, 15) is 9.59 Å². The summed E-state index contributed by atoms with van der Waals surface area (Å²) in [6.45, 7) is 4.75. The van der Waals surface area contributed by atoms with Crippen molar-refractivity contribution in [3.63, 3.8) is 0 Å². The molecule has 1 aromatic carbocycles. The number of aliphatic carboxylic acids is 1. The van der Waals surface area contributed by atoms with E-state index in [2.05, 4.69) is 21.2 Å². The van der Waals surface area contributed by atoms with Crippen molar-refractivity contribution in [1.82, 2.24) is 5.32 Å². The number of para-hydroxylation sites is 1. The fraction of sp³-hybridized carbons (Fsp3) is 0.429. The average Bonchev–Trinajstić information content (AvgIpc) is 2.40. The second kappa shape index (κ2) is 6.74. The van der Waals surface area contributed by atoms with Crippen molar-refractivity contribution in [2.45, 2.75) is 38.8 Å². The molecule has 5 nitrogen and oxygen atoms in total. The van der Waals surface area contributed by atoms with Gasteiger partial charge in [-0.05, 0) is 48.3 Å². The average molecular weight is 344 g/mol. The SMILES string of the molecule is CCC(C)(NC(=O)C(C)Oc1ccccc1Br)C(=O)O. The Balaban J connectivity index is 2.73. The highest BCUT2D eigenvalue weighted by atomic mass is 79.9. The lowest BCUT2D eigenvalue weighted by Gasteiger charge is -2.26. The summed E-state index contributed by atoms with van der Waals surface area (Å²) in [5, 5.41) is 11.6. The molecule has 0 aliphatic carbocycles. The second-order valence-electron chi connectivity index (χ2n) is 4.67. The summed E-state index contributed by atoms with van der Waals surface area (Å²) in [6.07, 6.45) is -0.505. The van der Waals surface area contributed by atoms with Crippen molar-refractivity contribution in [2.75, 3.05) is 0 Å². The number of amides is 1. The molecular formula is C14H18BrNO4. The summed E-state index contributed by atoms with van der Waals surface area (Å²) >= 11 is 3.32. The highest BCUT2D eigenvalue weighted by molar-refractivity contribution is 9.10. The van der Waals surface area contributed by atoms with E-state index < -0.39 is 23.5 Å². The van der Waals surface area contributed by atoms with Gasteiger partial charge < -0.3 is 15.2 Å². The molecule has 2 N–H and O–H groups in total. The van der Waals surface area contributed by atoms with E-state index >= 15 is 0 Å². The van der Waals surface area contributed by atoms with Crippen LogP contribution >= 0.6 is 15.9 Å². The molecule has 110 valence electrons. The summed E-state index contributed by atoms with van der Waals surface area (Å²) in [4.78, 5) is 23.2. The van der Waals surface area contributed by atoms with Crippen molar-refractivity contribution < 1.29 is 19.4 Å². The van der Waals surface area contributed by atoms with Crippen LogP contribution in [-0.2, 0) is 9.59 Å². The first-order valence-electron chi connectivity index (χ1n) is 6.26. The number of benzene rings is 1. The normalized spacial score (nSPS) is 15.0. The fourth-order valence-corrected chi connectivity index (χ4v) is 1.83. The molecule has 1 aromatic rings. The molecule has 6 heteroatoms. The molecule has 2 unspecified atom stereocenters. The number of ether oxygens (including phenoxy) is 1. The molecule has 0 aliphatic heterocycles. The molecule has 0 aliphatic rings. The number of nitrogens with one attached hydrogen (secondary N) is 1. The second-order valence-corrected chi connectivity index (χ2v) is 5.52. The van der Waals surface area contributed by atoms with Crippen molar-refractivity contribution in [3.05, 3.63) is 28.7 Å². The van der Waals surface area contributed by atoms with Gasteiger partial charge in [-0.1, -0.05) is 19.1 Å². The maximum atomic E-state index is 12.0. The third-order valence-corrected chi connectivity index (χ3v) is 3.74. The van der Waals surface area contributed by atoms with Crippen LogP contribution in [0.3, 0.4) is 0 Å². The summed E-state index contributed by atoms with van der Waals surface area (Å²) in [5.41, 5.74) is -1.29. The molecule has 0 heterocycles. The van der Waals surface area contributed by atoms with Crippen molar-refractivity contribution in [2.24, 2.45) is 0 Å². The number of hydrogen-bond donors (Lipinski definition) is 2. The Morgan fingerprint density at radius 2 is 2.05 bits per heavy atom. The Morgan fingerprint density at radius 3 is 2.55 bits per heavy atom. The molecule has 0 spiro atoms. The van der Waals surface area contributed by atoms with Crippen LogP contribution in [0.25, 0.3) is 0 Å². The minimum Gasteiger partial charge on any atom is -0.480 e. The van der Waals surface area contributed by atoms with Crippen LogP contribution in [0.5, 0.6) is 5.75 Å². The predicted molar refractivity (Wildman–Crippen MR) is 78.7 cm³/mol. The van der Waals surface area contributed by atoms with Gasteiger partial charge in [0.15, 0.2) is 6.10 Å². The number of carbonyl (C=O) groups excluding carboxylic acids is 1. The lowest BCUT2D eigenvalue weighted by molar-refractivity contribution is -0.148. The molecule has 2 atom stereocenters. The monoisotopic (exact) mass is 343 g/mol. The molecule has 0 aromatic heterocycles. The van der Waals surface area contributed by atoms with Gasteiger partial charge in [0.05, 0.1) is 4.47 Å². The standard InChI is InChI=1S/C14H18BrNO4/c1-4-14(3,13(18)19)16-12(17)9(2)20-11-8-6-5-7-10(11)15/h5-9H,4H2,1-3H3,(H,16,17)(H,18,19). The molecular weight excluding hydrogens is 326 g/mol. The molecule has 0 saturated heterocycles. The van der Waals surface area contributed by atoms with Gasteiger partial charge in [0.25, 0.3) is 5.91 Å². The van der Waals surface area contributed by atoms with Gasteiger partial charge in [0.1, 0.15) is 11.3 Å². The fourth-order valence-electron chi connectivity index (χ4n) is 1.45. The number of rotatable bonds is 6. The van der Waals surface area contributed by atoms with Gasteiger partial charge >= 0.3 is 5.97 Å². The number of carboxylic acid groups (broad SMARTS) is 1. The zero-order valence-corrected chi connectivity index (χ0v) is 13.2. The Bertz CT molecular complexity index is 506. The molecule has 0 saturated carbocycles. The van der Waals surface area contributed by atoms with Crippen LogP contribution in [-0.4, -0.2) is 28.6 Å². The molecule has 20 heavy (non-hydrogen) atoms. The van der Waals surface area contributed by atoms with E-state index in [1.54, 1.807) is 32.0 Å². The van der Waals surface area contributed by atoms with E-state index in [0.29, 0.717) is 5.75 Å². The van der Waals surface area contributed by atoms with E-state index in [4.69, 9.17) is 9.84 Å². The van der Waals surface area contributed by atoms with Crippen LogP contribution in [0.2, 0.25) is 0 Å².